The van der Waals surface area contributed by atoms with E-state index in [1.165, 1.54) is 25.3 Å². The van der Waals surface area contributed by atoms with Crippen LogP contribution in [0.2, 0.25) is 0 Å². The van der Waals surface area contributed by atoms with Gasteiger partial charge in [-0.1, -0.05) is 12.1 Å². The molecule has 1 aromatic rings. The fourth-order valence-corrected chi connectivity index (χ4v) is 1.32. The molecule has 0 N–H and O–H groups in total. The zero-order valence-corrected chi connectivity index (χ0v) is 9.58. The molecule has 0 aliphatic rings. The molecule has 0 saturated carbocycles. The molecular weight excluding hydrogens is 226 g/mol. The molecule has 0 aromatic heterocycles. The Morgan fingerprint density at radius 2 is 2.12 bits per heavy atom. The molecule has 0 amide bonds. The lowest BCUT2D eigenvalue weighted by atomic mass is 10.2. The average molecular weight is 239 g/mol. The van der Waals surface area contributed by atoms with E-state index in [0.717, 1.165) is 0 Å². The smallest absolute Gasteiger partial charge is 0.345 e. The molecule has 0 aliphatic carbocycles. The summed E-state index contributed by atoms with van der Waals surface area (Å²) in [6.07, 6.45) is -0.452. The highest BCUT2D eigenvalue weighted by Crippen LogP contribution is 2.19. The van der Waals surface area contributed by atoms with E-state index in [9.17, 15) is 14.9 Å². The first-order valence-corrected chi connectivity index (χ1v) is 4.99. The summed E-state index contributed by atoms with van der Waals surface area (Å²) in [5.41, 5.74) is -0.317. The number of ether oxygens (including phenoxy) is 2. The van der Waals surface area contributed by atoms with Gasteiger partial charge in [0.05, 0.1) is 11.5 Å². The van der Waals surface area contributed by atoms with Crippen LogP contribution in [-0.2, 0) is 9.47 Å². The number of hydrogen-bond acceptors (Lipinski definition) is 5. The maximum Gasteiger partial charge on any atom is 0.345 e. The number of hydrogen-bond donors (Lipinski definition) is 0. The maximum atomic E-state index is 11.7. The Labute approximate surface area is 98.3 Å². The lowest BCUT2D eigenvalue weighted by molar-refractivity contribution is -0.385. The van der Waals surface area contributed by atoms with Gasteiger partial charge in [-0.15, -0.1) is 0 Å². The Morgan fingerprint density at radius 1 is 1.47 bits per heavy atom. The first kappa shape index (κ1) is 13.1. The molecule has 1 atom stereocenters. The predicted molar refractivity (Wildman–Crippen MR) is 59.8 cm³/mol. The van der Waals surface area contributed by atoms with E-state index in [-0.39, 0.29) is 17.9 Å². The molecule has 0 unspecified atom stereocenters. The normalized spacial score (nSPS) is 11.9. The van der Waals surface area contributed by atoms with Crippen LogP contribution in [0.15, 0.2) is 24.3 Å². The topological polar surface area (TPSA) is 78.7 Å². The van der Waals surface area contributed by atoms with Crippen LogP contribution in [0.5, 0.6) is 0 Å². The third kappa shape index (κ3) is 3.53. The largest absolute Gasteiger partial charge is 0.456 e. The standard InChI is InChI=1S/C11H13NO5/c1-8(7-16-2)17-11(13)9-5-3-4-6-10(9)12(14)15/h3-6,8H,7H2,1-2H3/t8-/m0/s1. The summed E-state index contributed by atoms with van der Waals surface area (Å²) in [4.78, 5) is 21.8. The van der Waals surface area contributed by atoms with Crippen molar-refractivity contribution in [2.24, 2.45) is 0 Å². The number of esters is 1. The Bertz CT molecular complexity index is 418. The molecule has 1 rings (SSSR count). The van der Waals surface area contributed by atoms with E-state index in [1.807, 2.05) is 0 Å². The van der Waals surface area contributed by atoms with E-state index in [2.05, 4.69) is 0 Å². The quantitative estimate of drug-likeness (QED) is 0.444. The van der Waals surface area contributed by atoms with Gasteiger partial charge in [-0.2, -0.15) is 0 Å². The van der Waals surface area contributed by atoms with Gasteiger partial charge >= 0.3 is 5.97 Å². The van der Waals surface area contributed by atoms with E-state index in [0.29, 0.717) is 0 Å². The van der Waals surface area contributed by atoms with Crippen molar-refractivity contribution in [1.82, 2.24) is 0 Å². The van der Waals surface area contributed by atoms with Crippen molar-refractivity contribution in [3.8, 4) is 0 Å². The van der Waals surface area contributed by atoms with Crippen molar-refractivity contribution < 1.29 is 19.2 Å². The second kappa shape index (κ2) is 5.95. The number of carbonyl (C=O) groups is 1. The summed E-state index contributed by atoms with van der Waals surface area (Å²) in [5, 5.41) is 10.7. The number of nitro benzene ring substituents is 1. The highest BCUT2D eigenvalue weighted by atomic mass is 16.6. The zero-order chi connectivity index (χ0) is 12.8. The average Bonchev–Trinajstić information content (AvgIpc) is 2.29. The summed E-state index contributed by atoms with van der Waals surface area (Å²) in [6, 6.07) is 5.66. The number of rotatable bonds is 5. The molecule has 0 bridgehead atoms. The number of benzene rings is 1. The minimum Gasteiger partial charge on any atom is -0.456 e. The van der Waals surface area contributed by atoms with Crippen LogP contribution in [0.4, 0.5) is 5.69 Å². The summed E-state index contributed by atoms with van der Waals surface area (Å²) >= 11 is 0. The third-order valence-electron chi connectivity index (χ3n) is 2.03. The van der Waals surface area contributed by atoms with Crippen molar-refractivity contribution in [3.63, 3.8) is 0 Å². The molecular formula is C11H13NO5. The summed E-state index contributed by atoms with van der Waals surface area (Å²) in [6.45, 7) is 1.89. The SMILES string of the molecule is COC[C@H](C)OC(=O)c1ccccc1[N+](=O)[O-]. The molecule has 17 heavy (non-hydrogen) atoms. The Morgan fingerprint density at radius 3 is 2.71 bits per heavy atom. The molecule has 1 aromatic carbocycles. The van der Waals surface area contributed by atoms with Gasteiger partial charge in [-0.05, 0) is 13.0 Å². The molecule has 0 spiro atoms. The fourth-order valence-electron chi connectivity index (χ4n) is 1.32. The summed E-state index contributed by atoms with van der Waals surface area (Å²) in [5.74, 6) is -0.721. The van der Waals surface area contributed by atoms with Gasteiger partial charge in [0.25, 0.3) is 5.69 Å². The van der Waals surface area contributed by atoms with Gasteiger partial charge in [0.1, 0.15) is 11.7 Å². The maximum absolute atomic E-state index is 11.7. The van der Waals surface area contributed by atoms with Crippen molar-refractivity contribution >= 4 is 11.7 Å². The van der Waals surface area contributed by atoms with Crippen LogP contribution < -0.4 is 0 Å². The van der Waals surface area contributed by atoms with Gasteiger partial charge < -0.3 is 9.47 Å². The van der Waals surface area contributed by atoms with Crippen molar-refractivity contribution in [2.75, 3.05) is 13.7 Å². The fraction of sp³-hybridized carbons (Fsp3) is 0.364. The Hall–Kier alpha value is -1.95. The third-order valence-corrected chi connectivity index (χ3v) is 2.03. The summed E-state index contributed by atoms with van der Waals surface area (Å²) in [7, 11) is 1.48. The van der Waals surface area contributed by atoms with Gasteiger partial charge in [-0.3, -0.25) is 10.1 Å². The van der Waals surface area contributed by atoms with Crippen LogP contribution in [0, 0.1) is 10.1 Å². The second-order valence-electron chi connectivity index (χ2n) is 3.45. The van der Waals surface area contributed by atoms with Crippen molar-refractivity contribution in [2.45, 2.75) is 13.0 Å². The molecule has 0 saturated heterocycles. The lowest BCUT2D eigenvalue weighted by Crippen LogP contribution is -2.20. The van der Waals surface area contributed by atoms with E-state index in [1.54, 1.807) is 13.0 Å². The number of carbonyl (C=O) groups excluding carboxylic acids is 1. The molecule has 0 heterocycles. The summed E-state index contributed by atoms with van der Waals surface area (Å²) < 4.78 is 9.81. The minimum absolute atomic E-state index is 0.0551. The monoisotopic (exact) mass is 239 g/mol. The molecule has 6 heteroatoms. The van der Waals surface area contributed by atoms with Crippen molar-refractivity contribution in [1.29, 1.82) is 0 Å². The van der Waals surface area contributed by atoms with Gasteiger partial charge in [0, 0.05) is 13.2 Å². The zero-order valence-electron chi connectivity index (χ0n) is 9.58. The molecule has 0 radical (unpaired) electrons. The Kier molecular flexibility index (Phi) is 4.59. The first-order valence-electron chi connectivity index (χ1n) is 4.99. The molecule has 92 valence electrons. The van der Waals surface area contributed by atoms with Crippen LogP contribution in [0.3, 0.4) is 0 Å². The van der Waals surface area contributed by atoms with E-state index < -0.39 is 17.0 Å². The van der Waals surface area contributed by atoms with Crippen LogP contribution in [0.25, 0.3) is 0 Å². The minimum atomic E-state index is -0.721. The van der Waals surface area contributed by atoms with E-state index in [4.69, 9.17) is 9.47 Å². The van der Waals surface area contributed by atoms with Crippen LogP contribution in [-0.4, -0.2) is 30.7 Å². The van der Waals surface area contributed by atoms with Crippen molar-refractivity contribution in [3.05, 3.63) is 39.9 Å². The second-order valence-corrected chi connectivity index (χ2v) is 3.45. The molecule has 6 nitrogen and oxygen atoms in total. The lowest BCUT2D eigenvalue weighted by Gasteiger charge is -2.11. The number of nitro groups is 1. The highest BCUT2D eigenvalue weighted by molar-refractivity contribution is 5.93. The van der Waals surface area contributed by atoms with Crippen LogP contribution in [0.1, 0.15) is 17.3 Å². The van der Waals surface area contributed by atoms with E-state index >= 15 is 0 Å². The number of para-hydroxylation sites is 1. The number of nitrogens with zero attached hydrogens (tertiary/aromatic N) is 1. The number of methoxy groups -OCH3 is 1. The van der Waals surface area contributed by atoms with Crippen LogP contribution >= 0.6 is 0 Å². The molecule has 0 aliphatic heterocycles. The molecule has 0 fully saturated rings. The highest BCUT2D eigenvalue weighted by Gasteiger charge is 2.21. The Balaban J connectivity index is 2.85. The predicted octanol–water partition coefficient (Wildman–Crippen LogP) is 1.79. The van der Waals surface area contributed by atoms with Gasteiger partial charge in [0.2, 0.25) is 0 Å². The van der Waals surface area contributed by atoms with Gasteiger partial charge in [-0.25, -0.2) is 4.79 Å². The first-order chi connectivity index (χ1) is 8.06. The van der Waals surface area contributed by atoms with Gasteiger partial charge in [0.15, 0.2) is 0 Å².